The third kappa shape index (κ3) is 9.42. The molecular formula is C30H42N4O5. The van der Waals surface area contributed by atoms with E-state index in [4.69, 9.17) is 10.5 Å². The van der Waals surface area contributed by atoms with Gasteiger partial charge in [0.15, 0.2) is 0 Å². The van der Waals surface area contributed by atoms with Crippen LogP contribution in [0.15, 0.2) is 48.5 Å². The van der Waals surface area contributed by atoms with Gasteiger partial charge in [0, 0.05) is 12.6 Å². The molecule has 0 aliphatic rings. The van der Waals surface area contributed by atoms with E-state index in [0.29, 0.717) is 12.0 Å². The second kappa shape index (κ2) is 13.8. The van der Waals surface area contributed by atoms with Gasteiger partial charge < -0.3 is 26.0 Å². The highest BCUT2D eigenvalue weighted by Gasteiger charge is 2.39. The minimum Gasteiger partial charge on any atom is -0.444 e. The predicted molar refractivity (Wildman–Crippen MR) is 151 cm³/mol. The van der Waals surface area contributed by atoms with E-state index in [9.17, 15) is 19.2 Å². The zero-order chi connectivity index (χ0) is 29.3. The molecule has 3 atom stereocenters. The van der Waals surface area contributed by atoms with Crippen LogP contribution in [0.25, 0.3) is 0 Å². The van der Waals surface area contributed by atoms with Crippen molar-refractivity contribution >= 4 is 23.8 Å². The van der Waals surface area contributed by atoms with Crippen LogP contribution in [-0.4, -0.2) is 46.4 Å². The van der Waals surface area contributed by atoms with Crippen LogP contribution in [0, 0.1) is 13.8 Å². The highest BCUT2D eigenvalue weighted by atomic mass is 16.6. The van der Waals surface area contributed by atoms with Crippen molar-refractivity contribution in [2.24, 2.45) is 5.73 Å². The van der Waals surface area contributed by atoms with Crippen LogP contribution < -0.4 is 16.4 Å². The fraction of sp³-hybridized carbons (Fsp3) is 0.467. The molecule has 0 saturated carbocycles. The third-order valence-electron chi connectivity index (χ3n) is 6.40. The van der Waals surface area contributed by atoms with E-state index in [1.807, 2.05) is 76.2 Å². The van der Waals surface area contributed by atoms with Crippen molar-refractivity contribution in [2.45, 2.75) is 91.6 Å². The Bertz CT molecular complexity index is 1160. The molecule has 0 aliphatic carbocycles. The first-order valence-corrected chi connectivity index (χ1v) is 13.2. The van der Waals surface area contributed by atoms with Gasteiger partial charge in [0.25, 0.3) is 0 Å². The number of alkyl carbamates (subject to hydrolysis) is 1. The first-order chi connectivity index (χ1) is 18.2. The van der Waals surface area contributed by atoms with Crippen molar-refractivity contribution in [3.63, 3.8) is 0 Å². The molecule has 0 bridgehead atoms. The minimum absolute atomic E-state index is 0.268. The van der Waals surface area contributed by atoms with E-state index in [1.165, 1.54) is 4.90 Å². The highest BCUT2D eigenvalue weighted by molar-refractivity contribution is 5.94. The van der Waals surface area contributed by atoms with Crippen molar-refractivity contribution < 1.29 is 23.9 Å². The van der Waals surface area contributed by atoms with Crippen LogP contribution in [0.2, 0.25) is 0 Å². The van der Waals surface area contributed by atoms with Gasteiger partial charge in [-0.25, -0.2) is 4.79 Å². The van der Waals surface area contributed by atoms with E-state index < -0.39 is 48.1 Å². The Kier molecular flexibility index (Phi) is 11.1. The molecular weight excluding hydrogens is 496 g/mol. The minimum atomic E-state index is -1.32. The molecule has 212 valence electrons. The number of primary amides is 1. The fourth-order valence-corrected chi connectivity index (χ4v) is 4.08. The van der Waals surface area contributed by atoms with Gasteiger partial charge in [-0.1, -0.05) is 55.5 Å². The molecule has 0 aromatic heterocycles. The van der Waals surface area contributed by atoms with Gasteiger partial charge in [-0.15, -0.1) is 0 Å². The Morgan fingerprint density at radius 2 is 1.64 bits per heavy atom. The normalized spacial score (nSPS) is 13.5. The molecule has 9 nitrogen and oxygen atoms in total. The average molecular weight is 539 g/mol. The smallest absolute Gasteiger partial charge is 0.408 e. The van der Waals surface area contributed by atoms with E-state index in [2.05, 4.69) is 10.6 Å². The number of ether oxygens (including phenoxy) is 1. The largest absolute Gasteiger partial charge is 0.444 e. The summed E-state index contributed by atoms with van der Waals surface area (Å²) in [5.41, 5.74) is 8.17. The Labute approximate surface area is 231 Å². The lowest BCUT2D eigenvalue weighted by atomic mass is 9.96. The second-order valence-electron chi connectivity index (χ2n) is 10.8. The van der Waals surface area contributed by atoms with Crippen molar-refractivity contribution in [3.05, 3.63) is 70.8 Å². The summed E-state index contributed by atoms with van der Waals surface area (Å²) in [5, 5.41) is 5.46. The van der Waals surface area contributed by atoms with Gasteiger partial charge >= 0.3 is 6.09 Å². The fourth-order valence-electron chi connectivity index (χ4n) is 4.08. The summed E-state index contributed by atoms with van der Waals surface area (Å²) >= 11 is 0. The van der Waals surface area contributed by atoms with Gasteiger partial charge in [0.2, 0.25) is 17.7 Å². The number of rotatable bonds is 11. The number of aryl methyl sites for hydroxylation is 2. The van der Waals surface area contributed by atoms with Crippen LogP contribution >= 0.6 is 0 Å². The molecule has 0 saturated heterocycles. The topological polar surface area (TPSA) is 131 Å². The summed E-state index contributed by atoms with van der Waals surface area (Å²) in [6.45, 7) is 13.0. The quantitative estimate of drug-likeness (QED) is 0.397. The zero-order valence-electron chi connectivity index (χ0n) is 24.0. The van der Waals surface area contributed by atoms with Crippen molar-refractivity contribution in [1.82, 2.24) is 15.5 Å². The molecule has 2 rings (SSSR count). The standard InChI is InChI=1S/C30H42N4O5/c1-8-21(4)34(28(37)24(17-25(31)35)33-29(38)39-30(5,6)7)26(23-15-14-19(2)20(3)16-23)27(36)32-18-22-12-10-9-11-13-22/h9-16,21,24,26H,8,17-18H2,1-7H3,(H2,31,35)(H,32,36)(H,33,38). The maximum atomic E-state index is 14.1. The van der Waals surface area contributed by atoms with Crippen LogP contribution in [0.4, 0.5) is 4.79 Å². The molecule has 0 spiro atoms. The van der Waals surface area contributed by atoms with Crippen LogP contribution in [0.1, 0.15) is 75.8 Å². The van der Waals surface area contributed by atoms with Crippen molar-refractivity contribution in [1.29, 1.82) is 0 Å². The molecule has 0 aliphatic heterocycles. The SMILES string of the molecule is CCC(C)N(C(=O)C(CC(N)=O)NC(=O)OC(C)(C)C)C(C(=O)NCc1ccccc1)c1ccc(C)c(C)c1. The van der Waals surface area contributed by atoms with E-state index >= 15 is 0 Å². The van der Waals surface area contributed by atoms with E-state index in [-0.39, 0.29) is 12.5 Å². The number of hydrogen-bond acceptors (Lipinski definition) is 5. The number of carbonyl (C=O) groups is 4. The number of nitrogens with two attached hydrogens (primary N) is 1. The number of benzene rings is 2. The summed E-state index contributed by atoms with van der Waals surface area (Å²) in [4.78, 5) is 53.9. The lowest BCUT2D eigenvalue weighted by Crippen LogP contribution is -2.56. The molecule has 0 radical (unpaired) electrons. The Balaban J connectivity index is 2.54. The number of nitrogens with one attached hydrogen (secondary N) is 2. The van der Waals surface area contributed by atoms with E-state index in [0.717, 1.165) is 16.7 Å². The molecule has 39 heavy (non-hydrogen) atoms. The summed E-state index contributed by atoms with van der Waals surface area (Å²) in [5.74, 6) is -1.76. The Morgan fingerprint density at radius 1 is 1.00 bits per heavy atom. The van der Waals surface area contributed by atoms with Gasteiger partial charge in [0.05, 0.1) is 6.42 Å². The average Bonchev–Trinajstić information content (AvgIpc) is 2.85. The Hall–Kier alpha value is -3.88. The maximum absolute atomic E-state index is 14.1. The van der Waals surface area contributed by atoms with Gasteiger partial charge in [-0.2, -0.15) is 0 Å². The van der Waals surface area contributed by atoms with Crippen molar-refractivity contribution in [3.8, 4) is 0 Å². The van der Waals surface area contributed by atoms with Crippen LogP contribution in [0.5, 0.6) is 0 Å². The number of amides is 4. The Morgan fingerprint density at radius 3 is 2.18 bits per heavy atom. The number of nitrogens with zero attached hydrogens (tertiary/aromatic N) is 1. The molecule has 4 N–H and O–H groups in total. The summed E-state index contributed by atoms with van der Waals surface area (Å²) < 4.78 is 5.32. The first kappa shape index (κ1) is 31.3. The predicted octanol–water partition coefficient (Wildman–Crippen LogP) is 4.06. The first-order valence-electron chi connectivity index (χ1n) is 13.2. The van der Waals surface area contributed by atoms with Crippen LogP contribution in [-0.2, 0) is 25.7 Å². The lowest BCUT2D eigenvalue weighted by Gasteiger charge is -2.38. The van der Waals surface area contributed by atoms with Gasteiger partial charge in [-0.05, 0) is 70.2 Å². The summed E-state index contributed by atoms with van der Waals surface area (Å²) in [6, 6.07) is 12.3. The molecule has 9 heteroatoms. The van der Waals surface area contributed by atoms with Gasteiger partial charge in [0.1, 0.15) is 17.7 Å². The molecule has 4 amide bonds. The zero-order valence-corrected chi connectivity index (χ0v) is 24.0. The second-order valence-corrected chi connectivity index (χ2v) is 10.8. The summed E-state index contributed by atoms with van der Waals surface area (Å²) in [6.07, 6.45) is -0.784. The maximum Gasteiger partial charge on any atom is 0.408 e. The number of hydrogen-bond donors (Lipinski definition) is 3. The molecule has 0 heterocycles. The molecule has 0 fully saturated rings. The van der Waals surface area contributed by atoms with Crippen molar-refractivity contribution in [2.75, 3.05) is 0 Å². The van der Waals surface area contributed by atoms with E-state index in [1.54, 1.807) is 20.8 Å². The lowest BCUT2D eigenvalue weighted by molar-refractivity contribution is -0.146. The highest BCUT2D eigenvalue weighted by Crippen LogP contribution is 2.28. The monoisotopic (exact) mass is 538 g/mol. The molecule has 2 aromatic carbocycles. The molecule has 2 aromatic rings. The third-order valence-corrected chi connectivity index (χ3v) is 6.40. The van der Waals surface area contributed by atoms with Gasteiger partial charge in [-0.3, -0.25) is 14.4 Å². The number of carbonyl (C=O) groups excluding carboxylic acids is 4. The molecule has 3 unspecified atom stereocenters. The summed E-state index contributed by atoms with van der Waals surface area (Å²) in [7, 11) is 0. The van der Waals surface area contributed by atoms with Crippen LogP contribution in [0.3, 0.4) is 0 Å².